The number of amides is 1. The zero-order chi connectivity index (χ0) is 17.2. The van der Waals surface area contributed by atoms with Gasteiger partial charge in [0.05, 0.1) is 4.90 Å². The molecule has 0 atom stereocenters. The molecule has 1 amide bonds. The van der Waals surface area contributed by atoms with E-state index >= 15 is 0 Å². The minimum Gasteiger partial charge on any atom is -0.322 e. The van der Waals surface area contributed by atoms with Crippen molar-refractivity contribution < 1.29 is 13.2 Å². The number of anilines is 1. The van der Waals surface area contributed by atoms with Crippen molar-refractivity contribution in [1.82, 2.24) is 4.31 Å². The van der Waals surface area contributed by atoms with Gasteiger partial charge in [-0.15, -0.1) is 0 Å². The van der Waals surface area contributed by atoms with Gasteiger partial charge in [0.2, 0.25) is 10.0 Å². The van der Waals surface area contributed by atoms with Gasteiger partial charge in [0, 0.05) is 24.3 Å². The molecule has 1 aliphatic rings. The topological polar surface area (TPSA) is 66.5 Å². The zero-order valence-corrected chi connectivity index (χ0v) is 14.3. The van der Waals surface area contributed by atoms with Crippen LogP contribution in [0.3, 0.4) is 0 Å². The third kappa shape index (κ3) is 3.34. The van der Waals surface area contributed by atoms with Crippen LogP contribution in [0.25, 0.3) is 0 Å². The summed E-state index contributed by atoms with van der Waals surface area (Å²) in [4.78, 5) is 12.5. The van der Waals surface area contributed by atoms with Crippen molar-refractivity contribution in [2.45, 2.75) is 24.7 Å². The van der Waals surface area contributed by atoms with Gasteiger partial charge in [-0.25, -0.2) is 8.42 Å². The van der Waals surface area contributed by atoms with Gasteiger partial charge in [0.25, 0.3) is 5.91 Å². The molecule has 0 unspecified atom stereocenters. The predicted molar refractivity (Wildman–Crippen MR) is 93.6 cm³/mol. The van der Waals surface area contributed by atoms with E-state index in [0.717, 1.165) is 18.4 Å². The van der Waals surface area contributed by atoms with E-state index in [0.29, 0.717) is 24.3 Å². The lowest BCUT2D eigenvalue weighted by Gasteiger charge is -2.17. The van der Waals surface area contributed by atoms with Crippen molar-refractivity contribution in [3.63, 3.8) is 0 Å². The summed E-state index contributed by atoms with van der Waals surface area (Å²) in [6.45, 7) is 2.95. The molecule has 6 heteroatoms. The fourth-order valence-electron chi connectivity index (χ4n) is 2.80. The molecule has 1 aliphatic heterocycles. The molecule has 2 aromatic carbocycles. The molecule has 126 valence electrons. The van der Waals surface area contributed by atoms with E-state index in [1.807, 2.05) is 6.07 Å². The molecule has 0 saturated carbocycles. The molecule has 2 aromatic rings. The summed E-state index contributed by atoms with van der Waals surface area (Å²) in [6, 6.07) is 13.7. The SMILES string of the molecule is Cc1cc(S(=O)(=O)N2CCCC2)ccc1NC(=O)c1ccccc1. The first-order valence-corrected chi connectivity index (χ1v) is 9.40. The normalized spacial score (nSPS) is 15.4. The summed E-state index contributed by atoms with van der Waals surface area (Å²) < 4.78 is 26.7. The fourth-order valence-corrected chi connectivity index (χ4v) is 4.40. The van der Waals surface area contributed by atoms with Gasteiger partial charge in [-0.3, -0.25) is 4.79 Å². The number of nitrogens with zero attached hydrogens (tertiary/aromatic N) is 1. The van der Waals surface area contributed by atoms with E-state index in [2.05, 4.69) is 5.32 Å². The van der Waals surface area contributed by atoms with Gasteiger partial charge in [-0.05, 0) is 55.7 Å². The first-order chi connectivity index (χ1) is 11.5. The van der Waals surface area contributed by atoms with E-state index in [-0.39, 0.29) is 10.8 Å². The first kappa shape index (κ1) is 16.7. The molecule has 24 heavy (non-hydrogen) atoms. The number of carbonyl (C=O) groups excluding carboxylic acids is 1. The Morgan fingerprint density at radius 1 is 1.04 bits per heavy atom. The Kier molecular flexibility index (Phi) is 4.69. The summed E-state index contributed by atoms with van der Waals surface area (Å²) >= 11 is 0. The average Bonchev–Trinajstić information content (AvgIpc) is 3.12. The first-order valence-electron chi connectivity index (χ1n) is 7.96. The molecule has 1 heterocycles. The smallest absolute Gasteiger partial charge is 0.255 e. The van der Waals surface area contributed by atoms with Gasteiger partial charge in [-0.2, -0.15) is 4.31 Å². The third-order valence-corrected chi connectivity index (χ3v) is 6.08. The second-order valence-electron chi connectivity index (χ2n) is 5.91. The molecular formula is C18H20N2O3S. The number of aryl methyl sites for hydroxylation is 1. The molecule has 0 aromatic heterocycles. The van der Waals surface area contributed by atoms with Crippen LogP contribution in [0, 0.1) is 6.92 Å². The molecule has 0 bridgehead atoms. The van der Waals surface area contributed by atoms with Crippen molar-refractivity contribution in [2.75, 3.05) is 18.4 Å². The highest BCUT2D eigenvalue weighted by atomic mass is 32.2. The summed E-state index contributed by atoms with van der Waals surface area (Å²) in [6.07, 6.45) is 1.81. The molecular weight excluding hydrogens is 324 g/mol. The van der Waals surface area contributed by atoms with E-state index < -0.39 is 10.0 Å². The van der Waals surface area contributed by atoms with E-state index in [1.54, 1.807) is 49.4 Å². The maximum Gasteiger partial charge on any atom is 0.255 e. The Morgan fingerprint density at radius 2 is 1.71 bits per heavy atom. The van der Waals surface area contributed by atoms with Gasteiger partial charge >= 0.3 is 0 Å². The minimum atomic E-state index is -3.44. The lowest BCUT2D eigenvalue weighted by atomic mass is 10.1. The molecule has 0 spiro atoms. The number of carbonyl (C=O) groups is 1. The fraction of sp³-hybridized carbons (Fsp3) is 0.278. The van der Waals surface area contributed by atoms with Crippen molar-refractivity contribution >= 4 is 21.6 Å². The summed E-state index contributed by atoms with van der Waals surface area (Å²) in [5.41, 5.74) is 1.90. The molecule has 0 radical (unpaired) electrons. The van der Waals surface area contributed by atoms with E-state index in [4.69, 9.17) is 0 Å². The van der Waals surface area contributed by atoms with Crippen LogP contribution in [0.2, 0.25) is 0 Å². The maximum absolute atomic E-state index is 12.6. The monoisotopic (exact) mass is 344 g/mol. The Balaban J connectivity index is 1.81. The molecule has 5 nitrogen and oxygen atoms in total. The number of sulfonamides is 1. The second kappa shape index (κ2) is 6.75. The van der Waals surface area contributed by atoms with Crippen LogP contribution in [-0.2, 0) is 10.0 Å². The van der Waals surface area contributed by atoms with Crippen LogP contribution in [0.1, 0.15) is 28.8 Å². The largest absolute Gasteiger partial charge is 0.322 e. The number of benzene rings is 2. The van der Waals surface area contributed by atoms with Crippen LogP contribution in [0.4, 0.5) is 5.69 Å². The van der Waals surface area contributed by atoms with Gasteiger partial charge < -0.3 is 5.32 Å². The van der Waals surface area contributed by atoms with Crippen LogP contribution in [-0.4, -0.2) is 31.7 Å². The second-order valence-corrected chi connectivity index (χ2v) is 7.85. The van der Waals surface area contributed by atoms with Gasteiger partial charge in [0.15, 0.2) is 0 Å². The number of rotatable bonds is 4. The highest BCUT2D eigenvalue weighted by molar-refractivity contribution is 7.89. The standard InChI is InChI=1S/C18H20N2O3S/c1-14-13-16(24(22,23)20-11-5-6-12-20)9-10-17(14)19-18(21)15-7-3-2-4-8-15/h2-4,7-10,13H,5-6,11-12H2,1H3,(H,19,21). The van der Waals surface area contributed by atoms with E-state index in [1.165, 1.54) is 4.31 Å². The Hall–Kier alpha value is -2.18. The molecule has 1 saturated heterocycles. The number of hydrogen-bond acceptors (Lipinski definition) is 3. The molecule has 1 N–H and O–H groups in total. The summed E-state index contributed by atoms with van der Waals surface area (Å²) in [7, 11) is -3.44. The average molecular weight is 344 g/mol. The lowest BCUT2D eigenvalue weighted by Crippen LogP contribution is -2.28. The Bertz CT molecular complexity index is 842. The Labute approximate surface area is 142 Å². The number of nitrogens with one attached hydrogen (secondary N) is 1. The van der Waals surface area contributed by atoms with E-state index in [9.17, 15) is 13.2 Å². The van der Waals surface area contributed by atoms with Crippen molar-refractivity contribution in [3.8, 4) is 0 Å². The third-order valence-electron chi connectivity index (χ3n) is 4.18. The maximum atomic E-state index is 12.6. The van der Waals surface area contributed by atoms with Crippen molar-refractivity contribution in [3.05, 3.63) is 59.7 Å². The Morgan fingerprint density at radius 3 is 2.33 bits per heavy atom. The van der Waals surface area contributed by atoms with Gasteiger partial charge in [0.1, 0.15) is 0 Å². The predicted octanol–water partition coefficient (Wildman–Crippen LogP) is 3.03. The molecule has 0 aliphatic carbocycles. The molecule has 3 rings (SSSR count). The van der Waals surface area contributed by atoms with Crippen LogP contribution >= 0.6 is 0 Å². The highest BCUT2D eigenvalue weighted by Gasteiger charge is 2.27. The quantitative estimate of drug-likeness (QED) is 0.927. The number of hydrogen-bond donors (Lipinski definition) is 1. The van der Waals surface area contributed by atoms with Crippen molar-refractivity contribution in [1.29, 1.82) is 0 Å². The van der Waals surface area contributed by atoms with Crippen LogP contribution in [0.5, 0.6) is 0 Å². The van der Waals surface area contributed by atoms with Crippen LogP contribution < -0.4 is 5.32 Å². The highest BCUT2D eigenvalue weighted by Crippen LogP contribution is 2.25. The molecule has 1 fully saturated rings. The lowest BCUT2D eigenvalue weighted by molar-refractivity contribution is 0.102. The summed E-state index contributed by atoms with van der Waals surface area (Å²) in [5.74, 6) is -0.214. The minimum absolute atomic E-state index is 0.214. The van der Waals surface area contributed by atoms with Gasteiger partial charge in [-0.1, -0.05) is 18.2 Å². The zero-order valence-electron chi connectivity index (χ0n) is 13.5. The van der Waals surface area contributed by atoms with Crippen LogP contribution in [0.15, 0.2) is 53.4 Å². The summed E-state index contributed by atoms with van der Waals surface area (Å²) in [5, 5.41) is 2.83. The van der Waals surface area contributed by atoms with Crippen molar-refractivity contribution in [2.24, 2.45) is 0 Å².